The molecule has 1 heterocycles. The first kappa shape index (κ1) is 21.2. The van der Waals surface area contributed by atoms with Crippen LogP contribution in [-0.2, 0) is 28.9 Å². The average Bonchev–Trinajstić information content (AvgIpc) is 2.96. The summed E-state index contributed by atoms with van der Waals surface area (Å²) in [4.78, 5) is 0.802. The minimum Gasteiger partial charge on any atom is -0.593 e. The van der Waals surface area contributed by atoms with Crippen molar-refractivity contribution in [2.24, 2.45) is 0 Å². The molecule has 3 unspecified atom stereocenters. The van der Waals surface area contributed by atoms with Gasteiger partial charge in [-0.15, -0.1) is 4.72 Å². The van der Waals surface area contributed by atoms with E-state index in [0.29, 0.717) is 6.61 Å². The van der Waals surface area contributed by atoms with Crippen LogP contribution in [-0.4, -0.2) is 23.3 Å². The quantitative estimate of drug-likeness (QED) is 0.483. The molecule has 1 fully saturated rings. The molecule has 5 heteroatoms. The van der Waals surface area contributed by atoms with Crippen LogP contribution in [0.4, 0.5) is 0 Å². The lowest BCUT2D eigenvalue weighted by Crippen LogP contribution is -2.44. The fraction of sp³-hybridized carbons (Fsp3) is 0.308. The van der Waals surface area contributed by atoms with Gasteiger partial charge in [0, 0.05) is 17.0 Å². The van der Waals surface area contributed by atoms with Crippen molar-refractivity contribution < 1.29 is 9.29 Å². The predicted octanol–water partition coefficient (Wildman–Crippen LogP) is 5.54. The highest BCUT2D eigenvalue weighted by atomic mass is 79.9. The van der Waals surface area contributed by atoms with Crippen LogP contribution >= 0.6 is 15.9 Å². The number of rotatable bonds is 4. The average molecular weight is 496 g/mol. The van der Waals surface area contributed by atoms with Crippen LogP contribution in [0.1, 0.15) is 41.0 Å². The molecule has 0 spiro atoms. The van der Waals surface area contributed by atoms with E-state index in [1.165, 1.54) is 22.3 Å². The van der Waals surface area contributed by atoms with Gasteiger partial charge in [-0.05, 0) is 72.2 Å². The molecule has 5 rings (SSSR count). The number of hydrogen-bond donors (Lipinski definition) is 1. The van der Waals surface area contributed by atoms with Gasteiger partial charge in [-0.3, -0.25) is 0 Å². The maximum Gasteiger partial charge on any atom is 0.173 e. The Hall–Kier alpha value is -1.63. The molecule has 0 saturated carbocycles. The molecule has 2 aliphatic rings. The second-order valence-electron chi connectivity index (χ2n) is 8.35. The highest BCUT2D eigenvalue weighted by Gasteiger charge is 2.36. The second kappa shape index (κ2) is 9.47. The Morgan fingerprint density at radius 1 is 0.871 bits per heavy atom. The molecule has 3 nitrogen and oxygen atoms in total. The van der Waals surface area contributed by atoms with E-state index in [1.54, 1.807) is 0 Å². The van der Waals surface area contributed by atoms with Gasteiger partial charge in [-0.25, -0.2) is 0 Å². The maximum atomic E-state index is 12.9. The number of ether oxygens (including phenoxy) is 1. The third kappa shape index (κ3) is 4.62. The Balaban J connectivity index is 1.40. The zero-order valence-corrected chi connectivity index (χ0v) is 19.7. The highest BCUT2D eigenvalue weighted by Crippen LogP contribution is 2.40. The van der Waals surface area contributed by atoms with Crippen molar-refractivity contribution in [2.45, 2.75) is 48.6 Å². The Morgan fingerprint density at radius 2 is 1.48 bits per heavy atom. The summed E-state index contributed by atoms with van der Waals surface area (Å²) in [6, 6.07) is 25.4. The Labute approximate surface area is 195 Å². The van der Waals surface area contributed by atoms with Gasteiger partial charge in [0.1, 0.15) is 0 Å². The topological polar surface area (TPSA) is 44.3 Å². The molecule has 3 aromatic rings. The summed E-state index contributed by atoms with van der Waals surface area (Å²) in [6.07, 6.45) is 3.90. The van der Waals surface area contributed by atoms with Gasteiger partial charge in [0.05, 0.1) is 23.5 Å². The Morgan fingerprint density at radius 3 is 2.13 bits per heavy atom. The molecule has 0 radical (unpaired) electrons. The summed E-state index contributed by atoms with van der Waals surface area (Å²) in [6.45, 7) is 0.681. The lowest BCUT2D eigenvalue weighted by molar-refractivity contribution is -0.00398. The van der Waals surface area contributed by atoms with Crippen molar-refractivity contribution in [2.75, 3.05) is 6.61 Å². The summed E-state index contributed by atoms with van der Waals surface area (Å²) >= 11 is 2.21. The normalized spacial score (nSPS) is 22.3. The molecule has 0 bridgehead atoms. The van der Waals surface area contributed by atoms with E-state index in [-0.39, 0.29) is 18.1 Å². The van der Waals surface area contributed by atoms with Crippen LogP contribution in [0.25, 0.3) is 0 Å². The fourth-order valence-corrected chi connectivity index (χ4v) is 6.21. The Kier molecular flexibility index (Phi) is 6.49. The lowest BCUT2D eigenvalue weighted by Gasteiger charge is -2.36. The Bertz CT molecular complexity index is 994. The molecule has 160 valence electrons. The van der Waals surface area contributed by atoms with Gasteiger partial charge in [-0.2, -0.15) is 0 Å². The number of aryl methyl sites for hydroxylation is 2. The van der Waals surface area contributed by atoms with Crippen molar-refractivity contribution in [3.05, 3.63) is 99.5 Å². The summed E-state index contributed by atoms with van der Waals surface area (Å²) < 4.78 is 23.6. The van der Waals surface area contributed by atoms with Crippen LogP contribution in [0.2, 0.25) is 0 Å². The number of fused-ring (bicyclic) bond motifs is 2. The molecule has 31 heavy (non-hydrogen) atoms. The monoisotopic (exact) mass is 495 g/mol. The molecule has 1 aliphatic carbocycles. The third-order valence-corrected chi connectivity index (χ3v) is 8.21. The van der Waals surface area contributed by atoms with Crippen molar-refractivity contribution in [1.82, 2.24) is 4.72 Å². The van der Waals surface area contributed by atoms with E-state index in [4.69, 9.17) is 4.74 Å². The van der Waals surface area contributed by atoms with Gasteiger partial charge in [0.25, 0.3) is 0 Å². The lowest BCUT2D eigenvalue weighted by atomic mass is 9.80. The first-order chi connectivity index (χ1) is 15.2. The summed E-state index contributed by atoms with van der Waals surface area (Å²) in [5.41, 5.74) is 5.60. The minimum absolute atomic E-state index is 0.0635. The molecule has 1 N–H and O–H groups in total. The molecular formula is C26H26BrNO2S. The molecule has 0 aromatic heterocycles. The second-order valence-corrected chi connectivity index (χ2v) is 10.5. The molecule has 0 amide bonds. The van der Waals surface area contributed by atoms with Crippen LogP contribution in [0, 0.1) is 0 Å². The van der Waals surface area contributed by atoms with Crippen LogP contribution in [0.15, 0.2) is 82.2 Å². The van der Waals surface area contributed by atoms with Gasteiger partial charge in [0.15, 0.2) is 4.90 Å². The predicted molar refractivity (Wildman–Crippen MR) is 129 cm³/mol. The summed E-state index contributed by atoms with van der Waals surface area (Å²) in [7, 11) is 0. The molecule has 3 atom stereocenters. The number of halogens is 1. The molecular weight excluding hydrogens is 470 g/mol. The standard InChI is InChI=1S/C26H26BrNO2S/c27-20-11-13-22(14-12-20)31(29)28-21-15-16-30-25(17-21)26-23-7-3-1-5-18(23)9-10-19-6-2-4-8-24(19)26/h1-8,11-14,21,25-26,28H,9-10,15-17H2. The zero-order chi connectivity index (χ0) is 21.2. The highest BCUT2D eigenvalue weighted by molar-refractivity contribution is 9.10. The molecule has 1 aliphatic heterocycles. The van der Waals surface area contributed by atoms with Gasteiger partial charge in [0.2, 0.25) is 0 Å². The van der Waals surface area contributed by atoms with E-state index < -0.39 is 11.4 Å². The van der Waals surface area contributed by atoms with Crippen LogP contribution in [0.5, 0.6) is 0 Å². The van der Waals surface area contributed by atoms with Crippen molar-refractivity contribution in [1.29, 1.82) is 0 Å². The first-order valence-electron chi connectivity index (χ1n) is 10.9. The molecule has 3 aromatic carbocycles. The van der Waals surface area contributed by atoms with E-state index in [2.05, 4.69) is 69.2 Å². The third-order valence-electron chi connectivity index (χ3n) is 6.43. The van der Waals surface area contributed by atoms with Gasteiger partial charge >= 0.3 is 0 Å². The molecule has 1 saturated heterocycles. The maximum absolute atomic E-state index is 12.9. The summed E-state index contributed by atoms with van der Waals surface area (Å²) in [5, 5.41) is 0. The number of benzene rings is 3. The number of nitrogens with one attached hydrogen (secondary N) is 1. The van der Waals surface area contributed by atoms with E-state index >= 15 is 0 Å². The smallest absolute Gasteiger partial charge is 0.173 e. The van der Waals surface area contributed by atoms with E-state index in [1.807, 2.05) is 24.3 Å². The SMILES string of the molecule is [O-][S+](NC1CCOC(C2c3ccccc3CCc3ccccc32)C1)c1ccc(Br)cc1. The van der Waals surface area contributed by atoms with Gasteiger partial charge in [-0.1, -0.05) is 64.5 Å². The van der Waals surface area contributed by atoms with Crippen LogP contribution in [0.3, 0.4) is 0 Å². The summed E-state index contributed by atoms with van der Waals surface area (Å²) in [5.74, 6) is 0.209. The first-order valence-corrected chi connectivity index (χ1v) is 12.8. The fourth-order valence-electron chi connectivity index (χ4n) is 4.91. The van der Waals surface area contributed by atoms with E-state index in [0.717, 1.165) is 35.1 Å². The van der Waals surface area contributed by atoms with Crippen LogP contribution < -0.4 is 4.72 Å². The van der Waals surface area contributed by atoms with Crippen molar-refractivity contribution in [3.63, 3.8) is 0 Å². The van der Waals surface area contributed by atoms with Crippen molar-refractivity contribution >= 4 is 27.3 Å². The number of hydrogen-bond acceptors (Lipinski definition) is 3. The van der Waals surface area contributed by atoms with Gasteiger partial charge < -0.3 is 9.29 Å². The minimum atomic E-state index is -1.23. The van der Waals surface area contributed by atoms with Crippen molar-refractivity contribution in [3.8, 4) is 0 Å². The largest absolute Gasteiger partial charge is 0.593 e. The zero-order valence-electron chi connectivity index (χ0n) is 17.3. The van der Waals surface area contributed by atoms with E-state index in [9.17, 15) is 4.55 Å².